The van der Waals surface area contributed by atoms with E-state index in [1.807, 2.05) is 13.0 Å². The largest absolute Gasteiger partial charge is 0.490 e. The molecule has 21 heavy (non-hydrogen) atoms. The van der Waals surface area contributed by atoms with Crippen LogP contribution in [0.2, 0.25) is 0 Å². The lowest BCUT2D eigenvalue weighted by Crippen LogP contribution is -2.33. The van der Waals surface area contributed by atoms with Crippen LogP contribution in [-0.4, -0.2) is 25.2 Å². The molecule has 1 amide bonds. The van der Waals surface area contributed by atoms with Crippen molar-refractivity contribution in [3.63, 3.8) is 0 Å². The number of ether oxygens (including phenoxy) is 2. The van der Waals surface area contributed by atoms with Crippen LogP contribution in [0.25, 0.3) is 0 Å². The lowest BCUT2D eigenvalue weighted by molar-refractivity contribution is 0.0934. The van der Waals surface area contributed by atoms with Crippen molar-refractivity contribution in [2.24, 2.45) is 0 Å². The van der Waals surface area contributed by atoms with Gasteiger partial charge in [-0.3, -0.25) is 4.79 Å². The van der Waals surface area contributed by atoms with Crippen molar-refractivity contribution in [1.29, 1.82) is 0 Å². The molecule has 0 aliphatic carbocycles. The van der Waals surface area contributed by atoms with Gasteiger partial charge in [-0.05, 0) is 44.4 Å². The summed E-state index contributed by atoms with van der Waals surface area (Å²) >= 11 is 0. The highest BCUT2D eigenvalue weighted by Crippen LogP contribution is 2.28. The van der Waals surface area contributed by atoms with E-state index in [1.165, 1.54) is 0 Å². The molecule has 118 valence electrons. The van der Waals surface area contributed by atoms with Gasteiger partial charge in [0, 0.05) is 11.6 Å². The second kappa shape index (κ2) is 9.27. The van der Waals surface area contributed by atoms with Crippen LogP contribution in [0.1, 0.15) is 57.3 Å². The lowest BCUT2D eigenvalue weighted by Gasteiger charge is -2.16. The Morgan fingerprint density at radius 1 is 1.10 bits per heavy atom. The van der Waals surface area contributed by atoms with Gasteiger partial charge in [-0.1, -0.05) is 20.8 Å². The first-order valence-electron chi connectivity index (χ1n) is 7.86. The van der Waals surface area contributed by atoms with E-state index >= 15 is 0 Å². The molecule has 0 radical (unpaired) electrons. The van der Waals surface area contributed by atoms with Crippen molar-refractivity contribution in [1.82, 2.24) is 5.32 Å². The fourth-order valence-electron chi connectivity index (χ4n) is 2.01. The number of carbonyl (C=O) groups excluding carboxylic acids is 1. The molecule has 0 aliphatic heterocycles. The van der Waals surface area contributed by atoms with Crippen molar-refractivity contribution >= 4 is 5.91 Å². The summed E-state index contributed by atoms with van der Waals surface area (Å²) in [5.41, 5.74) is 0.606. The number of benzene rings is 1. The first-order chi connectivity index (χ1) is 10.2. The third-order valence-corrected chi connectivity index (χ3v) is 3.29. The predicted molar refractivity (Wildman–Crippen MR) is 85.2 cm³/mol. The molecule has 1 rings (SSSR count). The Bertz CT molecular complexity index is 442. The minimum atomic E-state index is -0.0632. The number of hydrogen-bond donors (Lipinski definition) is 1. The van der Waals surface area contributed by atoms with E-state index in [0.717, 1.165) is 19.3 Å². The van der Waals surface area contributed by atoms with E-state index in [1.54, 1.807) is 12.1 Å². The molecule has 0 saturated carbocycles. The third-order valence-electron chi connectivity index (χ3n) is 3.29. The Hall–Kier alpha value is -1.71. The Kier molecular flexibility index (Phi) is 7.65. The van der Waals surface area contributed by atoms with Crippen molar-refractivity contribution < 1.29 is 14.3 Å². The van der Waals surface area contributed by atoms with Gasteiger partial charge in [-0.25, -0.2) is 0 Å². The Morgan fingerprint density at radius 3 is 2.38 bits per heavy atom. The molecule has 0 aromatic heterocycles. The van der Waals surface area contributed by atoms with Gasteiger partial charge in [0.2, 0.25) is 0 Å². The second-order valence-electron chi connectivity index (χ2n) is 4.93. The monoisotopic (exact) mass is 293 g/mol. The van der Waals surface area contributed by atoms with Gasteiger partial charge in [0.25, 0.3) is 5.91 Å². The Morgan fingerprint density at radius 2 is 1.81 bits per heavy atom. The number of hydrogen-bond acceptors (Lipinski definition) is 3. The molecule has 0 heterocycles. The van der Waals surface area contributed by atoms with Gasteiger partial charge in [-0.2, -0.15) is 0 Å². The van der Waals surface area contributed by atoms with E-state index in [2.05, 4.69) is 26.1 Å². The molecule has 4 nitrogen and oxygen atoms in total. The standard InChI is InChI=1S/C17H27NO3/c1-5-11-21-15-10-9-13(12-16(15)20-8-4)17(19)18-14(6-2)7-3/h9-10,12,14H,5-8,11H2,1-4H3,(H,18,19). The maximum Gasteiger partial charge on any atom is 0.251 e. The summed E-state index contributed by atoms with van der Waals surface area (Å²) in [7, 11) is 0. The highest BCUT2D eigenvalue weighted by atomic mass is 16.5. The van der Waals surface area contributed by atoms with E-state index in [0.29, 0.717) is 30.3 Å². The lowest BCUT2D eigenvalue weighted by atomic mass is 10.1. The molecule has 0 spiro atoms. The minimum absolute atomic E-state index is 0.0632. The van der Waals surface area contributed by atoms with Crippen molar-refractivity contribution in [2.75, 3.05) is 13.2 Å². The summed E-state index contributed by atoms with van der Waals surface area (Å²) in [6, 6.07) is 5.56. The molecular weight excluding hydrogens is 266 g/mol. The molecule has 0 fully saturated rings. The molecule has 1 N–H and O–H groups in total. The average Bonchev–Trinajstić information content (AvgIpc) is 2.51. The summed E-state index contributed by atoms with van der Waals surface area (Å²) in [5, 5.41) is 3.03. The van der Waals surface area contributed by atoms with Crippen LogP contribution in [0.15, 0.2) is 18.2 Å². The highest BCUT2D eigenvalue weighted by molar-refractivity contribution is 5.95. The SMILES string of the molecule is CCCOc1ccc(C(=O)NC(CC)CC)cc1OCC. The third kappa shape index (κ3) is 5.29. The molecule has 1 aromatic carbocycles. The highest BCUT2D eigenvalue weighted by Gasteiger charge is 2.14. The van der Waals surface area contributed by atoms with E-state index in [9.17, 15) is 4.79 Å². The van der Waals surface area contributed by atoms with Gasteiger partial charge in [0.15, 0.2) is 11.5 Å². The van der Waals surface area contributed by atoms with Crippen LogP contribution in [0, 0.1) is 0 Å². The van der Waals surface area contributed by atoms with Crippen LogP contribution in [0.3, 0.4) is 0 Å². The summed E-state index contributed by atoms with van der Waals surface area (Å²) in [6.45, 7) is 9.29. The fraction of sp³-hybridized carbons (Fsp3) is 0.588. The number of amides is 1. The van der Waals surface area contributed by atoms with Gasteiger partial charge >= 0.3 is 0 Å². The van der Waals surface area contributed by atoms with Crippen molar-refractivity contribution in [3.05, 3.63) is 23.8 Å². The van der Waals surface area contributed by atoms with Gasteiger partial charge in [0.1, 0.15) is 0 Å². The summed E-state index contributed by atoms with van der Waals surface area (Å²) < 4.78 is 11.2. The fourth-order valence-corrected chi connectivity index (χ4v) is 2.01. The van der Waals surface area contributed by atoms with Crippen LogP contribution in [-0.2, 0) is 0 Å². The number of carbonyl (C=O) groups is 1. The zero-order valence-electron chi connectivity index (χ0n) is 13.6. The molecule has 1 aromatic rings. The summed E-state index contributed by atoms with van der Waals surface area (Å²) in [4.78, 5) is 12.2. The molecule has 0 unspecified atom stereocenters. The molecule has 0 bridgehead atoms. The summed E-state index contributed by atoms with van der Waals surface area (Å²) in [6.07, 6.45) is 2.79. The molecule has 0 aliphatic rings. The summed E-state index contributed by atoms with van der Waals surface area (Å²) in [5.74, 6) is 1.26. The van der Waals surface area contributed by atoms with Crippen LogP contribution < -0.4 is 14.8 Å². The zero-order valence-corrected chi connectivity index (χ0v) is 13.6. The molecule has 4 heteroatoms. The number of nitrogens with one attached hydrogen (secondary N) is 1. The van der Waals surface area contributed by atoms with Crippen LogP contribution >= 0.6 is 0 Å². The topological polar surface area (TPSA) is 47.6 Å². The number of rotatable bonds is 9. The average molecular weight is 293 g/mol. The predicted octanol–water partition coefficient (Wildman–Crippen LogP) is 3.79. The van der Waals surface area contributed by atoms with Gasteiger partial charge in [-0.15, -0.1) is 0 Å². The van der Waals surface area contributed by atoms with E-state index in [4.69, 9.17) is 9.47 Å². The zero-order chi connectivity index (χ0) is 15.7. The van der Waals surface area contributed by atoms with Crippen molar-refractivity contribution in [2.45, 2.75) is 53.0 Å². The first kappa shape index (κ1) is 17.3. The first-order valence-corrected chi connectivity index (χ1v) is 7.86. The molecule has 0 saturated heterocycles. The normalized spacial score (nSPS) is 10.5. The Labute approximate surface area is 127 Å². The molecular formula is C17H27NO3. The second-order valence-corrected chi connectivity index (χ2v) is 4.93. The van der Waals surface area contributed by atoms with E-state index < -0.39 is 0 Å². The minimum Gasteiger partial charge on any atom is -0.490 e. The Balaban J connectivity index is 2.88. The smallest absolute Gasteiger partial charge is 0.251 e. The van der Waals surface area contributed by atoms with Crippen LogP contribution in [0.4, 0.5) is 0 Å². The van der Waals surface area contributed by atoms with Crippen molar-refractivity contribution in [3.8, 4) is 11.5 Å². The van der Waals surface area contributed by atoms with Gasteiger partial charge in [0.05, 0.1) is 13.2 Å². The maximum atomic E-state index is 12.2. The quantitative estimate of drug-likeness (QED) is 0.753. The molecule has 0 atom stereocenters. The van der Waals surface area contributed by atoms with E-state index in [-0.39, 0.29) is 11.9 Å². The van der Waals surface area contributed by atoms with Gasteiger partial charge < -0.3 is 14.8 Å². The van der Waals surface area contributed by atoms with Crippen LogP contribution in [0.5, 0.6) is 11.5 Å². The maximum absolute atomic E-state index is 12.2.